The monoisotopic (exact) mass is 764 g/mol. The molecule has 0 atom stereocenters. The summed E-state index contributed by atoms with van der Waals surface area (Å²) in [5.41, 5.74) is 4.31. The number of hydrogen-bond acceptors (Lipinski definition) is 11. The summed E-state index contributed by atoms with van der Waals surface area (Å²) in [6, 6.07) is 19.2. The third-order valence-electron chi connectivity index (χ3n) is 11.3. The van der Waals surface area contributed by atoms with Crippen molar-refractivity contribution in [2.75, 3.05) is 114 Å². The van der Waals surface area contributed by atoms with E-state index in [0.29, 0.717) is 74.9 Å². The molecule has 0 aliphatic carbocycles. The van der Waals surface area contributed by atoms with E-state index in [1.807, 2.05) is 60.7 Å². The van der Waals surface area contributed by atoms with E-state index in [-0.39, 0.29) is 30.2 Å². The molecule has 4 heterocycles. The number of rotatable bonds is 15. The molecule has 0 unspecified atom stereocenters. The fourth-order valence-corrected chi connectivity index (χ4v) is 8.58. The molecule has 0 saturated carbocycles. The summed E-state index contributed by atoms with van der Waals surface area (Å²) >= 11 is 4.43. The van der Waals surface area contributed by atoms with Crippen molar-refractivity contribution in [1.29, 1.82) is 0 Å². The zero-order chi connectivity index (χ0) is 37.9. The fourth-order valence-electron chi connectivity index (χ4n) is 8.44. The van der Waals surface area contributed by atoms with Gasteiger partial charge in [-0.2, -0.15) is 12.6 Å². The lowest BCUT2D eigenvalue weighted by molar-refractivity contribution is 0.0585. The molecule has 4 aromatic rings. The molecule has 2 saturated heterocycles. The van der Waals surface area contributed by atoms with E-state index in [2.05, 4.69) is 32.6 Å². The van der Waals surface area contributed by atoms with Crippen LogP contribution in [0, 0.1) is 0 Å². The van der Waals surface area contributed by atoms with Crippen molar-refractivity contribution in [3.05, 3.63) is 82.9 Å². The molecule has 4 amide bonds. The molecule has 0 aromatic heterocycles. The minimum atomic E-state index is -0.264. The molecule has 0 radical (unpaired) electrons. The van der Waals surface area contributed by atoms with Crippen molar-refractivity contribution in [2.45, 2.75) is 12.8 Å². The Hall–Kier alpha value is -4.53. The van der Waals surface area contributed by atoms with E-state index >= 15 is 0 Å². The first-order valence-electron chi connectivity index (χ1n) is 19.5. The number of amides is 4. The summed E-state index contributed by atoms with van der Waals surface area (Å²) in [5.74, 6) is -0.298. The Morgan fingerprint density at radius 1 is 0.564 bits per heavy atom. The van der Waals surface area contributed by atoms with Crippen LogP contribution in [0.3, 0.4) is 0 Å². The number of nitrogens with one attached hydrogen (secondary N) is 1. The molecule has 2 fully saturated rings. The number of carbonyl (C=O) groups is 4. The van der Waals surface area contributed by atoms with Crippen LogP contribution in [0.15, 0.2) is 60.7 Å². The highest BCUT2D eigenvalue weighted by Gasteiger charge is 2.35. The number of benzene rings is 4. The average Bonchev–Trinajstić information content (AvgIpc) is 3.23. The number of morpholine rings is 2. The molecule has 12 nitrogen and oxygen atoms in total. The Morgan fingerprint density at radius 3 is 1.55 bits per heavy atom. The Labute approximate surface area is 326 Å². The van der Waals surface area contributed by atoms with Gasteiger partial charge >= 0.3 is 0 Å². The molecule has 4 aromatic carbocycles. The van der Waals surface area contributed by atoms with Crippen molar-refractivity contribution in [3.63, 3.8) is 0 Å². The minimum absolute atomic E-state index is 0.253. The number of thiol groups is 1. The molecule has 13 heteroatoms. The topological polar surface area (TPSA) is 115 Å². The van der Waals surface area contributed by atoms with Gasteiger partial charge in [0.25, 0.3) is 23.6 Å². The van der Waals surface area contributed by atoms with Gasteiger partial charge in [-0.15, -0.1) is 0 Å². The Bertz CT molecular complexity index is 2070. The molecular formula is C42H48N6O6S. The van der Waals surface area contributed by atoms with Crippen molar-refractivity contribution in [2.24, 2.45) is 0 Å². The van der Waals surface area contributed by atoms with Gasteiger partial charge < -0.3 is 29.5 Å². The van der Waals surface area contributed by atoms with Gasteiger partial charge in [0, 0.05) is 108 Å². The maximum absolute atomic E-state index is 13.8. The van der Waals surface area contributed by atoms with Gasteiger partial charge in [0.1, 0.15) is 0 Å². The van der Waals surface area contributed by atoms with Gasteiger partial charge in [-0.3, -0.25) is 29.0 Å². The summed E-state index contributed by atoms with van der Waals surface area (Å²) in [7, 11) is 0. The number of imide groups is 2. The summed E-state index contributed by atoms with van der Waals surface area (Å²) in [5, 5.41) is 6.75. The molecule has 4 aliphatic rings. The van der Waals surface area contributed by atoms with Crippen molar-refractivity contribution in [1.82, 2.24) is 20.0 Å². The highest BCUT2D eigenvalue weighted by Crippen LogP contribution is 2.38. The van der Waals surface area contributed by atoms with Crippen LogP contribution in [-0.2, 0) is 9.47 Å². The summed E-state index contributed by atoms with van der Waals surface area (Å²) in [6.45, 7) is 9.51. The van der Waals surface area contributed by atoms with Gasteiger partial charge in [-0.25, -0.2) is 0 Å². The number of ether oxygens (including phenoxy) is 2. The smallest absolute Gasteiger partial charge is 0.261 e. The second-order valence-corrected chi connectivity index (χ2v) is 14.9. The van der Waals surface area contributed by atoms with Crippen molar-refractivity contribution in [3.8, 4) is 0 Å². The second-order valence-electron chi connectivity index (χ2n) is 14.5. The summed E-state index contributed by atoms with van der Waals surface area (Å²) < 4.78 is 11.1. The summed E-state index contributed by atoms with van der Waals surface area (Å²) in [4.78, 5) is 64.4. The van der Waals surface area contributed by atoms with E-state index in [0.717, 1.165) is 90.8 Å². The standard InChI is InChI=1S/C42H48N6O6S/c49-39-31-7-1-5-29-35(45-20-24-53-25-21-45)11-9-33(37(29)31)41(51)47(39)17-14-43-13-3-15-44(16-4-28-55)18-19-48-40(50)32-8-2-6-30-36(46-22-26-54-27-23-46)12-10-34(38(30)32)42(48)52/h1-2,5-12,43,55H,3-4,13-28H2. The Kier molecular flexibility index (Phi) is 11.3. The average molecular weight is 765 g/mol. The van der Waals surface area contributed by atoms with E-state index in [1.54, 1.807) is 0 Å². The third kappa shape index (κ3) is 7.31. The molecule has 1 N–H and O–H groups in total. The van der Waals surface area contributed by atoms with Crippen LogP contribution in [0.5, 0.6) is 0 Å². The van der Waals surface area contributed by atoms with Gasteiger partial charge in [-0.05, 0) is 74.6 Å². The largest absolute Gasteiger partial charge is 0.378 e. The molecule has 288 valence electrons. The van der Waals surface area contributed by atoms with Crippen LogP contribution in [-0.4, -0.2) is 143 Å². The molecule has 8 rings (SSSR count). The minimum Gasteiger partial charge on any atom is -0.378 e. The maximum atomic E-state index is 13.8. The van der Waals surface area contributed by atoms with Crippen LogP contribution >= 0.6 is 12.6 Å². The molecule has 0 spiro atoms. The lowest BCUT2D eigenvalue weighted by atomic mass is 9.92. The normalized spacial score (nSPS) is 17.4. The van der Waals surface area contributed by atoms with E-state index in [9.17, 15) is 19.2 Å². The Balaban J connectivity index is 0.853. The van der Waals surface area contributed by atoms with E-state index < -0.39 is 0 Å². The fraction of sp³-hybridized carbons (Fsp3) is 0.429. The summed E-state index contributed by atoms with van der Waals surface area (Å²) in [6.07, 6.45) is 1.70. The number of anilines is 2. The molecular weight excluding hydrogens is 717 g/mol. The Morgan fingerprint density at radius 2 is 1.04 bits per heavy atom. The molecule has 0 bridgehead atoms. The van der Waals surface area contributed by atoms with Gasteiger partial charge in [0.15, 0.2) is 0 Å². The first kappa shape index (κ1) is 37.4. The van der Waals surface area contributed by atoms with Gasteiger partial charge in [0.05, 0.1) is 26.4 Å². The van der Waals surface area contributed by atoms with Crippen LogP contribution in [0.25, 0.3) is 21.5 Å². The zero-order valence-corrected chi connectivity index (χ0v) is 32.0. The predicted octanol–water partition coefficient (Wildman–Crippen LogP) is 4.16. The third-order valence-corrected chi connectivity index (χ3v) is 11.6. The molecule has 4 aliphatic heterocycles. The maximum Gasteiger partial charge on any atom is 0.261 e. The van der Waals surface area contributed by atoms with E-state index in [4.69, 9.17) is 9.47 Å². The van der Waals surface area contributed by atoms with Gasteiger partial charge in [-0.1, -0.05) is 24.3 Å². The number of nitrogens with zero attached hydrogens (tertiary/aromatic N) is 5. The first-order chi connectivity index (χ1) is 27.0. The lowest BCUT2D eigenvalue weighted by Gasteiger charge is -2.33. The molecule has 55 heavy (non-hydrogen) atoms. The quantitative estimate of drug-likeness (QED) is 0.104. The lowest BCUT2D eigenvalue weighted by Crippen LogP contribution is -2.45. The second kappa shape index (κ2) is 16.7. The SMILES string of the molecule is O=C1c2cccc3c(N4CCOCC4)ccc(c23)C(=O)N1CCNCCCN(CCCS)CCN1C(=O)c2cccc3c(N4CCOCC4)ccc(c23)C1=O. The van der Waals surface area contributed by atoms with Crippen molar-refractivity contribution >= 4 is 69.2 Å². The first-order valence-corrected chi connectivity index (χ1v) is 20.1. The highest BCUT2D eigenvalue weighted by atomic mass is 32.1. The number of carbonyl (C=O) groups excluding carboxylic acids is 4. The van der Waals surface area contributed by atoms with Gasteiger partial charge in [0.2, 0.25) is 0 Å². The zero-order valence-electron chi connectivity index (χ0n) is 31.1. The van der Waals surface area contributed by atoms with Crippen LogP contribution < -0.4 is 15.1 Å². The van der Waals surface area contributed by atoms with E-state index in [1.165, 1.54) is 9.80 Å². The van der Waals surface area contributed by atoms with Crippen LogP contribution in [0.1, 0.15) is 54.3 Å². The number of hydrogen-bond donors (Lipinski definition) is 2. The highest BCUT2D eigenvalue weighted by molar-refractivity contribution is 7.80. The van der Waals surface area contributed by atoms with Crippen LogP contribution in [0.2, 0.25) is 0 Å². The van der Waals surface area contributed by atoms with Crippen molar-refractivity contribution < 1.29 is 28.7 Å². The van der Waals surface area contributed by atoms with Crippen LogP contribution in [0.4, 0.5) is 11.4 Å². The predicted molar refractivity (Wildman–Crippen MR) is 217 cm³/mol.